The Bertz CT molecular complexity index is 1020. The summed E-state index contributed by atoms with van der Waals surface area (Å²) in [6, 6.07) is 6.52. The van der Waals surface area contributed by atoms with Crippen LogP contribution in [0.5, 0.6) is 5.75 Å². The van der Waals surface area contributed by atoms with Crippen molar-refractivity contribution >= 4 is 22.8 Å². The Morgan fingerprint density at radius 1 is 1.19 bits per heavy atom. The quantitative estimate of drug-likeness (QED) is 0.700. The molecule has 2 amide bonds. The predicted octanol–water partition coefficient (Wildman–Crippen LogP) is 1.05. The molecule has 1 atom stereocenters. The lowest BCUT2D eigenvalue weighted by atomic mass is 10.1. The SMILES string of the molecule is C[C@H]1CN(C(=O)c2cccc3n[nH]nc23)CCN1C(=O)c1cncc(O)c1. The normalized spacial score (nSPS) is 17.3. The number of hydrogen-bond acceptors (Lipinski definition) is 6. The van der Waals surface area contributed by atoms with Crippen LogP contribution in [0.25, 0.3) is 11.0 Å². The monoisotopic (exact) mass is 366 g/mol. The van der Waals surface area contributed by atoms with Gasteiger partial charge in [0.15, 0.2) is 0 Å². The maximum absolute atomic E-state index is 12.9. The lowest BCUT2D eigenvalue weighted by Gasteiger charge is -2.40. The highest BCUT2D eigenvalue weighted by atomic mass is 16.3. The van der Waals surface area contributed by atoms with E-state index in [2.05, 4.69) is 20.4 Å². The van der Waals surface area contributed by atoms with Crippen LogP contribution in [0.3, 0.4) is 0 Å². The first kappa shape index (κ1) is 17.0. The highest BCUT2D eigenvalue weighted by molar-refractivity contribution is 6.04. The van der Waals surface area contributed by atoms with E-state index in [0.29, 0.717) is 41.8 Å². The van der Waals surface area contributed by atoms with Crippen LogP contribution >= 0.6 is 0 Å². The van der Waals surface area contributed by atoms with Crippen LogP contribution in [0.4, 0.5) is 0 Å². The highest BCUT2D eigenvalue weighted by Crippen LogP contribution is 2.20. The topological polar surface area (TPSA) is 115 Å². The zero-order chi connectivity index (χ0) is 19.0. The molecule has 9 heteroatoms. The third kappa shape index (κ3) is 3.07. The highest BCUT2D eigenvalue weighted by Gasteiger charge is 2.31. The fourth-order valence-corrected chi connectivity index (χ4v) is 3.37. The van der Waals surface area contributed by atoms with Crippen molar-refractivity contribution in [3.05, 3.63) is 47.8 Å². The van der Waals surface area contributed by atoms with E-state index in [-0.39, 0.29) is 23.6 Å². The van der Waals surface area contributed by atoms with Crippen molar-refractivity contribution in [2.75, 3.05) is 19.6 Å². The number of rotatable bonds is 2. The van der Waals surface area contributed by atoms with Crippen molar-refractivity contribution in [2.45, 2.75) is 13.0 Å². The smallest absolute Gasteiger partial charge is 0.256 e. The number of aromatic amines is 1. The third-order valence-corrected chi connectivity index (χ3v) is 4.72. The molecule has 138 valence electrons. The lowest BCUT2D eigenvalue weighted by molar-refractivity contribution is 0.0415. The number of para-hydroxylation sites is 1. The molecule has 1 aliphatic rings. The van der Waals surface area contributed by atoms with E-state index in [9.17, 15) is 14.7 Å². The molecule has 2 aromatic heterocycles. The minimum absolute atomic E-state index is 0.0528. The summed E-state index contributed by atoms with van der Waals surface area (Å²) in [4.78, 5) is 32.9. The van der Waals surface area contributed by atoms with Crippen molar-refractivity contribution in [1.82, 2.24) is 30.2 Å². The number of piperazine rings is 1. The van der Waals surface area contributed by atoms with Crippen molar-refractivity contribution < 1.29 is 14.7 Å². The van der Waals surface area contributed by atoms with Crippen molar-refractivity contribution in [3.63, 3.8) is 0 Å². The van der Waals surface area contributed by atoms with E-state index < -0.39 is 0 Å². The van der Waals surface area contributed by atoms with Crippen LogP contribution in [0.2, 0.25) is 0 Å². The first-order valence-corrected chi connectivity index (χ1v) is 8.58. The Morgan fingerprint density at radius 3 is 2.81 bits per heavy atom. The maximum atomic E-state index is 12.9. The van der Waals surface area contributed by atoms with Gasteiger partial charge in [-0.3, -0.25) is 14.6 Å². The number of amides is 2. The second kappa shape index (κ2) is 6.67. The van der Waals surface area contributed by atoms with Gasteiger partial charge in [-0.2, -0.15) is 15.4 Å². The average Bonchev–Trinajstić information content (AvgIpc) is 3.15. The number of benzene rings is 1. The fourth-order valence-electron chi connectivity index (χ4n) is 3.37. The molecule has 3 heterocycles. The molecule has 3 aromatic rings. The molecule has 0 unspecified atom stereocenters. The van der Waals surface area contributed by atoms with Gasteiger partial charge in [0.2, 0.25) is 0 Å². The molecule has 2 N–H and O–H groups in total. The average molecular weight is 366 g/mol. The molecule has 9 nitrogen and oxygen atoms in total. The maximum Gasteiger partial charge on any atom is 0.256 e. The molecule has 27 heavy (non-hydrogen) atoms. The first-order chi connectivity index (χ1) is 13.0. The van der Waals surface area contributed by atoms with Crippen LogP contribution in [-0.4, -0.2) is 72.8 Å². The minimum atomic E-state index is -0.211. The molecule has 0 aliphatic carbocycles. The summed E-state index contributed by atoms with van der Waals surface area (Å²) in [5, 5.41) is 20.2. The Kier molecular flexibility index (Phi) is 4.19. The molecule has 0 saturated carbocycles. The molecule has 1 saturated heterocycles. The number of hydrogen-bond donors (Lipinski definition) is 2. The summed E-state index contributed by atoms with van der Waals surface area (Å²) in [5.41, 5.74) is 2.00. The summed E-state index contributed by atoms with van der Waals surface area (Å²) >= 11 is 0. The molecular weight excluding hydrogens is 348 g/mol. The van der Waals surface area contributed by atoms with Crippen molar-refractivity contribution in [1.29, 1.82) is 0 Å². The Morgan fingerprint density at radius 2 is 2.04 bits per heavy atom. The van der Waals surface area contributed by atoms with E-state index in [1.54, 1.807) is 28.0 Å². The number of H-pyrrole nitrogens is 1. The number of fused-ring (bicyclic) bond motifs is 1. The minimum Gasteiger partial charge on any atom is -0.506 e. The Balaban J connectivity index is 1.51. The summed E-state index contributed by atoms with van der Waals surface area (Å²) in [6.45, 7) is 3.11. The number of carbonyl (C=O) groups excluding carboxylic acids is 2. The number of aromatic nitrogens is 4. The van der Waals surface area contributed by atoms with E-state index >= 15 is 0 Å². The fraction of sp³-hybridized carbons (Fsp3) is 0.278. The van der Waals surface area contributed by atoms with Crippen molar-refractivity contribution in [2.24, 2.45) is 0 Å². The zero-order valence-corrected chi connectivity index (χ0v) is 14.7. The van der Waals surface area contributed by atoms with Crippen LogP contribution in [0, 0.1) is 0 Å². The molecule has 1 aromatic carbocycles. The zero-order valence-electron chi connectivity index (χ0n) is 14.7. The van der Waals surface area contributed by atoms with E-state index in [1.807, 2.05) is 6.92 Å². The van der Waals surface area contributed by atoms with Gasteiger partial charge < -0.3 is 14.9 Å². The van der Waals surface area contributed by atoms with Gasteiger partial charge in [0, 0.05) is 31.9 Å². The van der Waals surface area contributed by atoms with Crippen molar-refractivity contribution in [3.8, 4) is 5.75 Å². The standard InChI is InChI=1S/C18H18N6O3/c1-11-10-23(18(27)14-3-2-4-15-16(14)21-22-20-15)5-6-24(11)17(26)12-7-13(25)9-19-8-12/h2-4,7-9,11,25H,5-6,10H2,1H3,(H,20,21,22)/t11-/m0/s1. The van der Waals surface area contributed by atoms with Crippen LogP contribution < -0.4 is 0 Å². The Labute approximate surface area is 154 Å². The van der Waals surface area contributed by atoms with Gasteiger partial charge in [-0.25, -0.2) is 0 Å². The van der Waals surface area contributed by atoms with Gasteiger partial charge in [-0.1, -0.05) is 6.07 Å². The van der Waals surface area contributed by atoms with Gasteiger partial charge in [0.05, 0.1) is 17.3 Å². The summed E-state index contributed by atoms with van der Waals surface area (Å²) in [5.74, 6) is -0.396. The molecular formula is C18H18N6O3. The number of carbonyl (C=O) groups is 2. The second-order valence-electron chi connectivity index (χ2n) is 6.53. The summed E-state index contributed by atoms with van der Waals surface area (Å²) in [6.07, 6.45) is 2.71. The van der Waals surface area contributed by atoms with Gasteiger partial charge in [-0.15, -0.1) is 0 Å². The summed E-state index contributed by atoms with van der Waals surface area (Å²) < 4.78 is 0. The number of pyridine rings is 1. The number of nitrogens with zero attached hydrogens (tertiary/aromatic N) is 5. The molecule has 1 fully saturated rings. The van der Waals surface area contributed by atoms with Gasteiger partial charge in [-0.05, 0) is 25.1 Å². The molecule has 1 aliphatic heterocycles. The number of aromatic hydroxyl groups is 1. The van der Waals surface area contributed by atoms with E-state index in [4.69, 9.17) is 0 Å². The predicted molar refractivity (Wildman–Crippen MR) is 96.2 cm³/mol. The lowest BCUT2D eigenvalue weighted by Crippen LogP contribution is -2.55. The van der Waals surface area contributed by atoms with Crippen LogP contribution in [0.15, 0.2) is 36.7 Å². The van der Waals surface area contributed by atoms with E-state index in [1.165, 1.54) is 18.5 Å². The number of nitrogens with one attached hydrogen (secondary N) is 1. The van der Waals surface area contributed by atoms with Crippen LogP contribution in [0.1, 0.15) is 27.6 Å². The van der Waals surface area contributed by atoms with E-state index in [0.717, 1.165) is 0 Å². The molecule has 0 radical (unpaired) electrons. The van der Waals surface area contributed by atoms with Crippen LogP contribution in [-0.2, 0) is 0 Å². The molecule has 0 spiro atoms. The molecule has 4 rings (SSSR count). The Hall–Kier alpha value is -3.49. The summed E-state index contributed by atoms with van der Waals surface area (Å²) in [7, 11) is 0. The third-order valence-electron chi connectivity index (χ3n) is 4.72. The van der Waals surface area contributed by atoms with Gasteiger partial charge >= 0.3 is 0 Å². The largest absolute Gasteiger partial charge is 0.506 e. The van der Waals surface area contributed by atoms with Gasteiger partial charge in [0.1, 0.15) is 16.8 Å². The second-order valence-corrected chi connectivity index (χ2v) is 6.53. The van der Waals surface area contributed by atoms with Gasteiger partial charge in [0.25, 0.3) is 11.8 Å². The molecule has 0 bridgehead atoms. The first-order valence-electron chi connectivity index (χ1n) is 8.58.